The van der Waals surface area contributed by atoms with Crippen LogP contribution in [0.15, 0.2) is 72.8 Å². The highest BCUT2D eigenvalue weighted by Gasteiger charge is 2.31. The van der Waals surface area contributed by atoms with Gasteiger partial charge in [-0.1, -0.05) is 77.8 Å². The molecule has 0 aliphatic rings. The van der Waals surface area contributed by atoms with Crippen LogP contribution in [-0.4, -0.2) is 31.2 Å². The molecule has 172 valence electrons. The fourth-order valence-corrected chi connectivity index (χ4v) is 4.12. The molecule has 0 aliphatic heterocycles. The summed E-state index contributed by atoms with van der Waals surface area (Å²) in [6.07, 6.45) is -0.884. The molecule has 0 bridgehead atoms. The van der Waals surface area contributed by atoms with E-state index in [1.807, 2.05) is 36.4 Å². The van der Waals surface area contributed by atoms with Gasteiger partial charge in [0, 0.05) is 10.9 Å². The van der Waals surface area contributed by atoms with Gasteiger partial charge in [-0.05, 0) is 18.2 Å². The average molecular weight is 496 g/mol. The molecule has 7 nitrogen and oxygen atoms in total. The maximum Gasteiger partial charge on any atom is 0.426 e. The lowest BCUT2D eigenvalue weighted by Crippen LogP contribution is -2.47. The second-order valence-corrected chi connectivity index (χ2v) is 7.88. The molecule has 3 aromatic carbocycles. The van der Waals surface area contributed by atoms with Gasteiger partial charge in [0.05, 0.1) is 35.3 Å². The predicted molar refractivity (Wildman–Crippen MR) is 133 cm³/mol. The second kappa shape index (κ2) is 9.99. The number of hydrazine groups is 1. The fourth-order valence-electron chi connectivity index (χ4n) is 3.56. The zero-order valence-corrected chi connectivity index (χ0v) is 19.7. The molecule has 0 saturated heterocycles. The SMILES string of the molecule is COC(=O)NN(C(=O)c1c(OC)c(-c2ccccc2)nc2ccccc12)c1c(Cl)cccc1Cl. The number of nitrogens with zero attached hydrogens (tertiary/aromatic N) is 2. The number of halogens is 2. The van der Waals surface area contributed by atoms with Crippen molar-refractivity contribution in [1.29, 1.82) is 0 Å². The summed E-state index contributed by atoms with van der Waals surface area (Å²) in [5.41, 5.74) is 4.45. The van der Waals surface area contributed by atoms with Crippen molar-refractivity contribution < 1.29 is 19.1 Å². The Balaban J connectivity index is 2.01. The number of benzene rings is 3. The number of hydrogen-bond acceptors (Lipinski definition) is 5. The normalized spacial score (nSPS) is 10.6. The summed E-state index contributed by atoms with van der Waals surface area (Å²) >= 11 is 12.8. The highest BCUT2D eigenvalue weighted by molar-refractivity contribution is 6.40. The molecule has 4 aromatic rings. The van der Waals surface area contributed by atoms with E-state index in [9.17, 15) is 9.59 Å². The van der Waals surface area contributed by atoms with E-state index in [0.717, 1.165) is 10.6 Å². The van der Waals surface area contributed by atoms with E-state index < -0.39 is 12.0 Å². The largest absolute Gasteiger partial charge is 0.494 e. The molecule has 1 N–H and O–H groups in total. The van der Waals surface area contributed by atoms with Crippen LogP contribution in [0.5, 0.6) is 5.75 Å². The van der Waals surface area contributed by atoms with Crippen LogP contribution >= 0.6 is 23.2 Å². The Morgan fingerprint density at radius 1 is 0.882 bits per heavy atom. The van der Waals surface area contributed by atoms with Crippen molar-refractivity contribution in [3.8, 4) is 17.0 Å². The van der Waals surface area contributed by atoms with E-state index in [4.69, 9.17) is 37.7 Å². The van der Waals surface area contributed by atoms with E-state index in [0.29, 0.717) is 16.6 Å². The Morgan fingerprint density at radius 2 is 1.53 bits per heavy atom. The topological polar surface area (TPSA) is 80.8 Å². The van der Waals surface area contributed by atoms with Gasteiger partial charge in [0.25, 0.3) is 5.91 Å². The van der Waals surface area contributed by atoms with Crippen molar-refractivity contribution in [2.45, 2.75) is 0 Å². The number of hydrogen-bond donors (Lipinski definition) is 1. The lowest BCUT2D eigenvalue weighted by atomic mass is 10.0. The number of methoxy groups -OCH3 is 2. The summed E-state index contributed by atoms with van der Waals surface area (Å²) in [4.78, 5) is 31.1. The van der Waals surface area contributed by atoms with Gasteiger partial charge < -0.3 is 9.47 Å². The third-order valence-electron chi connectivity index (χ3n) is 5.07. The molecule has 0 radical (unpaired) electrons. The van der Waals surface area contributed by atoms with E-state index in [1.54, 1.807) is 36.4 Å². The summed E-state index contributed by atoms with van der Waals surface area (Å²) in [6.45, 7) is 0. The summed E-state index contributed by atoms with van der Waals surface area (Å²) < 4.78 is 10.4. The zero-order chi connectivity index (χ0) is 24.2. The van der Waals surface area contributed by atoms with Crippen molar-refractivity contribution in [3.63, 3.8) is 0 Å². The van der Waals surface area contributed by atoms with Crippen LogP contribution in [-0.2, 0) is 4.74 Å². The molecule has 34 heavy (non-hydrogen) atoms. The summed E-state index contributed by atoms with van der Waals surface area (Å²) in [5, 5.41) is 1.77. The molecule has 0 aliphatic carbocycles. The van der Waals surface area contributed by atoms with Crippen LogP contribution in [0.4, 0.5) is 10.5 Å². The lowest BCUT2D eigenvalue weighted by molar-refractivity contribution is 0.0963. The molecule has 0 atom stereocenters. The van der Waals surface area contributed by atoms with Gasteiger partial charge >= 0.3 is 6.09 Å². The molecule has 2 amide bonds. The number of carbonyl (C=O) groups excluding carboxylic acids is 2. The first-order chi connectivity index (χ1) is 16.5. The van der Waals surface area contributed by atoms with E-state index in [-0.39, 0.29) is 27.0 Å². The summed E-state index contributed by atoms with van der Waals surface area (Å²) in [6, 6.07) is 21.2. The molecule has 9 heteroatoms. The quantitative estimate of drug-likeness (QED) is 0.344. The lowest BCUT2D eigenvalue weighted by Gasteiger charge is -2.26. The fraction of sp³-hybridized carbons (Fsp3) is 0.0800. The maximum atomic E-state index is 14.1. The van der Waals surface area contributed by atoms with Crippen LogP contribution in [0, 0.1) is 0 Å². The van der Waals surface area contributed by atoms with Gasteiger partial charge in [0.1, 0.15) is 11.4 Å². The average Bonchev–Trinajstić information content (AvgIpc) is 2.86. The van der Waals surface area contributed by atoms with Crippen molar-refractivity contribution in [2.75, 3.05) is 19.2 Å². The van der Waals surface area contributed by atoms with Crippen LogP contribution < -0.4 is 15.2 Å². The minimum atomic E-state index is -0.884. The standard InChI is InChI=1S/C25H19Cl2N3O4/c1-33-23-20(16-11-6-7-14-19(16)28-21(23)15-9-4-3-5-10-15)24(31)30(29-25(32)34-2)22-17(26)12-8-13-18(22)27/h3-14H,1-2H3,(H,29,32). The van der Waals surface area contributed by atoms with Gasteiger partial charge in [-0.3, -0.25) is 4.79 Å². The smallest absolute Gasteiger partial charge is 0.426 e. The summed E-state index contributed by atoms with van der Waals surface area (Å²) in [7, 11) is 2.64. The minimum Gasteiger partial charge on any atom is -0.494 e. The molecular weight excluding hydrogens is 477 g/mol. The summed E-state index contributed by atoms with van der Waals surface area (Å²) in [5.74, 6) is -0.414. The van der Waals surface area contributed by atoms with Crippen LogP contribution in [0.2, 0.25) is 10.0 Å². The van der Waals surface area contributed by atoms with E-state index in [1.165, 1.54) is 14.2 Å². The molecule has 4 rings (SSSR count). The first kappa shape index (κ1) is 23.4. The Labute approximate surface area is 205 Å². The highest BCUT2D eigenvalue weighted by atomic mass is 35.5. The van der Waals surface area contributed by atoms with Gasteiger partial charge in [-0.25, -0.2) is 20.2 Å². The number of rotatable bonds is 4. The van der Waals surface area contributed by atoms with Crippen molar-refractivity contribution in [3.05, 3.63) is 88.4 Å². The number of ether oxygens (including phenoxy) is 2. The van der Waals surface area contributed by atoms with Crippen LogP contribution in [0.1, 0.15) is 10.4 Å². The van der Waals surface area contributed by atoms with Crippen molar-refractivity contribution >= 4 is 51.8 Å². The monoisotopic (exact) mass is 495 g/mol. The number of carbonyl (C=O) groups is 2. The predicted octanol–water partition coefficient (Wildman–Crippen LogP) is 6.14. The number of pyridine rings is 1. The number of amides is 2. The Bertz CT molecular complexity index is 1360. The number of anilines is 1. The molecule has 1 heterocycles. The molecule has 0 fully saturated rings. The third-order valence-corrected chi connectivity index (χ3v) is 5.68. The van der Waals surface area contributed by atoms with Gasteiger partial charge in [0.2, 0.25) is 0 Å². The van der Waals surface area contributed by atoms with Gasteiger partial charge in [0.15, 0.2) is 5.75 Å². The zero-order valence-electron chi connectivity index (χ0n) is 18.2. The van der Waals surface area contributed by atoms with Crippen molar-refractivity contribution in [2.24, 2.45) is 0 Å². The van der Waals surface area contributed by atoms with Gasteiger partial charge in [-0.15, -0.1) is 0 Å². The number of nitrogens with one attached hydrogen (secondary N) is 1. The number of aromatic nitrogens is 1. The highest BCUT2D eigenvalue weighted by Crippen LogP contribution is 2.39. The van der Waals surface area contributed by atoms with E-state index in [2.05, 4.69) is 5.43 Å². The number of fused-ring (bicyclic) bond motifs is 1. The molecule has 1 aromatic heterocycles. The van der Waals surface area contributed by atoms with Gasteiger partial charge in [-0.2, -0.15) is 0 Å². The Morgan fingerprint density at radius 3 is 2.18 bits per heavy atom. The first-order valence-electron chi connectivity index (χ1n) is 10.1. The molecule has 0 saturated carbocycles. The molecule has 0 spiro atoms. The minimum absolute atomic E-state index is 0.0884. The van der Waals surface area contributed by atoms with E-state index >= 15 is 0 Å². The molecule has 0 unspecified atom stereocenters. The first-order valence-corrected chi connectivity index (χ1v) is 10.9. The second-order valence-electron chi connectivity index (χ2n) is 7.07. The Kier molecular flexibility index (Phi) is 6.86. The van der Waals surface area contributed by atoms with Crippen molar-refractivity contribution in [1.82, 2.24) is 10.4 Å². The molecular formula is C25H19Cl2N3O4. The van der Waals surface area contributed by atoms with Crippen LogP contribution in [0.25, 0.3) is 22.2 Å². The third kappa shape index (κ3) is 4.35. The van der Waals surface area contributed by atoms with Crippen LogP contribution in [0.3, 0.4) is 0 Å². The Hall–Kier alpha value is -3.81. The number of para-hydroxylation sites is 2. The maximum absolute atomic E-state index is 14.1.